The molecule has 1 aromatic carbocycles. The first kappa shape index (κ1) is 10.9. The smallest absolute Gasteiger partial charge is 0.139 e. The van der Waals surface area contributed by atoms with Crippen LogP contribution >= 0.6 is 0 Å². The topological polar surface area (TPSA) is 46.3 Å². The summed E-state index contributed by atoms with van der Waals surface area (Å²) in [5.41, 5.74) is 4.38. The fourth-order valence-corrected chi connectivity index (χ4v) is 1.70. The molecule has 0 fully saturated rings. The summed E-state index contributed by atoms with van der Waals surface area (Å²) in [5, 5.41) is 12.8. The minimum absolute atomic E-state index is 0.0848. The summed E-state index contributed by atoms with van der Waals surface area (Å²) in [4.78, 5) is 0. The van der Waals surface area contributed by atoms with E-state index < -0.39 is 0 Å². The molecule has 0 spiro atoms. The van der Waals surface area contributed by atoms with Gasteiger partial charge in [-0.2, -0.15) is 0 Å². The second kappa shape index (κ2) is 4.49. The molecule has 0 aliphatic carbocycles. The minimum atomic E-state index is 0.0848. The number of aryl methyl sites for hydroxylation is 1. The lowest BCUT2D eigenvalue weighted by Gasteiger charge is -2.04. The second-order valence-electron chi connectivity index (χ2n) is 3.90. The van der Waals surface area contributed by atoms with Crippen LogP contribution in [0.1, 0.15) is 16.9 Å². The molecule has 0 unspecified atom stereocenters. The van der Waals surface area contributed by atoms with Crippen molar-refractivity contribution in [3.05, 3.63) is 41.2 Å². The molecular weight excluding hydrogens is 202 g/mol. The van der Waals surface area contributed by atoms with E-state index in [0.29, 0.717) is 6.42 Å². The lowest BCUT2D eigenvalue weighted by Crippen LogP contribution is -1.87. The Hall–Kier alpha value is -1.61. The third-order valence-corrected chi connectivity index (χ3v) is 2.80. The third-order valence-electron chi connectivity index (χ3n) is 2.80. The molecule has 1 N–H and O–H groups in total. The van der Waals surface area contributed by atoms with E-state index in [4.69, 9.17) is 9.63 Å². The monoisotopic (exact) mass is 217 g/mol. The number of hydrogen-bond acceptors (Lipinski definition) is 3. The lowest BCUT2D eigenvalue weighted by molar-refractivity contribution is 0.277. The molecule has 0 amide bonds. The van der Waals surface area contributed by atoms with Crippen LogP contribution in [-0.2, 0) is 6.42 Å². The Morgan fingerprint density at radius 2 is 2.12 bits per heavy atom. The fraction of sp³-hybridized carbons (Fsp3) is 0.308. The zero-order valence-corrected chi connectivity index (χ0v) is 9.53. The maximum absolute atomic E-state index is 8.81. The van der Waals surface area contributed by atoms with E-state index in [0.717, 1.165) is 17.0 Å². The predicted molar refractivity (Wildman–Crippen MR) is 62.2 cm³/mol. The summed E-state index contributed by atoms with van der Waals surface area (Å²) in [6.45, 7) is 4.24. The number of aliphatic hydroxyl groups excluding tert-OH is 1. The molecule has 0 aliphatic heterocycles. The Balaban J connectivity index is 2.39. The van der Waals surface area contributed by atoms with Crippen LogP contribution in [0.4, 0.5) is 0 Å². The Labute approximate surface area is 94.7 Å². The maximum Gasteiger partial charge on any atom is 0.139 e. The van der Waals surface area contributed by atoms with Gasteiger partial charge in [0.1, 0.15) is 11.5 Å². The standard InChI is InChI=1S/C13H15NO2/c1-9-4-3-5-12(10(9)2)13-8-11(6-7-15)16-14-13/h3-5,8,15H,6-7H2,1-2H3. The highest BCUT2D eigenvalue weighted by atomic mass is 16.5. The van der Waals surface area contributed by atoms with Crippen LogP contribution < -0.4 is 0 Å². The predicted octanol–water partition coefficient (Wildman–Crippen LogP) is 2.49. The molecule has 1 heterocycles. The van der Waals surface area contributed by atoms with E-state index in [-0.39, 0.29) is 6.61 Å². The van der Waals surface area contributed by atoms with Gasteiger partial charge in [-0.25, -0.2) is 0 Å². The van der Waals surface area contributed by atoms with Crippen molar-refractivity contribution in [2.24, 2.45) is 0 Å². The van der Waals surface area contributed by atoms with Gasteiger partial charge in [0.25, 0.3) is 0 Å². The molecule has 0 atom stereocenters. The van der Waals surface area contributed by atoms with Gasteiger partial charge < -0.3 is 9.63 Å². The molecular formula is C13H15NO2. The maximum atomic E-state index is 8.81. The van der Waals surface area contributed by atoms with Crippen LogP contribution in [0, 0.1) is 13.8 Å². The zero-order chi connectivity index (χ0) is 11.5. The third kappa shape index (κ3) is 1.99. The average Bonchev–Trinajstić information content (AvgIpc) is 2.71. The molecule has 84 valence electrons. The molecule has 16 heavy (non-hydrogen) atoms. The van der Waals surface area contributed by atoms with Crippen LogP contribution in [0.15, 0.2) is 28.8 Å². The number of nitrogens with zero attached hydrogens (tertiary/aromatic N) is 1. The Morgan fingerprint density at radius 3 is 2.88 bits per heavy atom. The van der Waals surface area contributed by atoms with Crippen LogP contribution in [-0.4, -0.2) is 16.9 Å². The summed E-state index contributed by atoms with van der Waals surface area (Å²) >= 11 is 0. The number of benzene rings is 1. The van der Waals surface area contributed by atoms with Crippen molar-refractivity contribution < 1.29 is 9.63 Å². The van der Waals surface area contributed by atoms with Gasteiger partial charge in [-0.15, -0.1) is 0 Å². The molecule has 0 aliphatic rings. The summed E-state index contributed by atoms with van der Waals surface area (Å²) in [6, 6.07) is 8.01. The highest BCUT2D eigenvalue weighted by Crippen LogP contribution is 2.25. The van der Waals surface area contributed by atoms with Crippen molar-refractivity contribution in [2.45, 2.75) is 20.3 Å². The van der Waals surface area contributed by atoms with Crippen LogP contribution in [0.5, 0.6) is 0 Å². The normalized spacial score (nSPS) is 10.7. The largest absolute Gasteiger partial charge is 0.396 e. The molecule has 0 saturated carbocycles. The van der Waals surface area contributed by atoms with E-state index in [9.17, 15) is 0 Å². The van der Waals surface area contributed by atoms with Crippen molar-refractivity contribution in [2.75, 3.05) is 6.61 Å². The molecule has 1 aromatic heterocycles. The van der Waals surface area contributed by atoms with E-state index in [1.807, 2.05) is 18.2 Å². The first-order valence-corrected chi connectivity index (χ1v) is 5.35. The highest BCUT2D eigenvalue weighted by Gasteiger charge is 2.09. The van der Waals surface area contributed by atoms with Crippen molar-refractivity contribution in [1.82, 2.24) is 5.16 Å². The molecule has 0 bridgehead atoms. The Bertz CT molecular complexity index is 488. The molecule has 3 nitrogen and oxygen atoms in total. The lowest BCUT2D eigenvalue weighted by atomic mass is 10.0. The van der Waals surface area contributed by atoms with Crippen molar-refractivity contribution >= 4 is 0 Å². The van der Waals surface area contributed by atoms with Gasteiger partial charge in [-0.1, -0.05) is 23.4 Å². The highest BCUT2D eigenvalue weighted by molar-refractivity contribution is 5.64. The van der Waals surface area contributed by atoms with Gasteiger partial charge in [0.15, 0.2) is 0 Å². The quantitative estimate of drug-likeness (QED) is 0.859. The minimum Gasteiger partial charge on any atom is -0.396 e. The Morgan fingerprint density at radius 1 is 1.31 bits per heavy atom. The van der Waals surface area contributed by atoms with Gasteiger partial charge in [0.2, 0.25) is 0 Å². The summed E-state index contributed by atoms with van der Waals surface area (Å²) < 4.78 is 5.14. The van der Waals surface area contributed by atoms with E-state index in [1.165, 1.54) is 11.1 Å². The van der Waals surface area contributed by atoms with Crippen LogP contribution in [0.25, 0.3) is 11.3 Å². The number of aromatic nitrogens is 1. The van der Waals surface area contributed by atoms with Gasteiger partial charge >= 0.3 is 0 Å². The van der Waals surface area contributed by atoms with E-state index in [2.05, 4.69) is 25.1 Å². The molecule has 0 radical (unpaired) electrons. The Kier molecular flexibility index (Phi) is 3.06. The van der Waals surface area contributed by atoms with Crippen LogP contribution in [0.3, 0.4) is 0 Å². The second-order valence-corrected chi connectivity index (χ2v) is 3.90. The van der Waals surface area contributed by atoms with Crippen LogP contribution in [0.2, 0.25) is 0 Å². The summed E-state index contributed by atoms with van der Waals surface area (Å²) in [5.74, 6) is 0.721. The van der Waals surface area contributed by atoms with Gasteiger partial charge in [-0.05, 0) is 25.0 Å². The summed E-state index contributed by atoms with van der Waals surface area (Å²) in [6.07, 6.45) is 0.512. The molecule has 0 saturated heterocycles. The molecule has 2 aromatic rings. The average molecular weight is 217 g/mol. The zero-order valence-electron chi connectivity index (χ0n) is 9.53. The van der Waals surface area contributed by atoms with Crippen molar-refractivity contribution in [3.8, 4) is 11.3 Å². The van der Waals surface area contributed by atoms with Gasteiger partial charge in [0, 0.05) is 18.1 Å². The van der Waals surface area contributed by atoms with E-state index >= 15 is 0 Å². The molecule has 2 rings (SSSR count). The number of aliphatic hydroxyl groups is 1. The fourth-order valence-electron chi connectivity index (χ4n) is 1.70. The first-order valence-electron chi connectivity index (χ1n) is 5.35. The van der Waals surface area contributed by atoms with E-state index in [1.54, 1.807) is 0 Å². The number of rotatable bonds is 3. The molecule has 3 heteroatoms. The van der Waals surface area contributed by atoms with Crippen molar-refractivity contribution in [3.63, 3.8) is 0 Å². The van der Waals surface area contributed by atoms with Gasteiger partial charge in [-0.3, -0.25) is 0 Å². The van der Waals surface area contributed by atoms with Crippen molar-refractivity contribution in [1.29, 1.82) is 0 Å². The number of hydrogen-bond donors (Lipinski definition) is 1. The summed E-state index contributed by atoms with van der Waals surface area (Å²) in [7, 11) is 0. The SMILES string of the molecule is Cc1cccc(-c2cc(CCO)on2)c1C. The first-order chi connectivity index (χ1) is 7.72. The van der Waals surface area contributed by atoms with Gasteiger partial charge in [0.05, 0.1) is 6.61 Å².